The van der Waals surface area contributed by atoms with Gasteiger partial charge in [-0.15, -0.1) is 0 Å². The first-order valence-electron chi connectivity index (χ1n) is 9.40. The Morgan fingerprint density at radius 1 is 0.697 bits per heavy atom. The molecular weight excluding hydrogens is 484 g/mol. The molecule has 0 aliphatic heterocycles. The zero-order valence-electron chi connectivity index (χ0n) is 17.1. The first-order valence-corrected chi connectivity index (χ1v) is 12.4. The SMILES string of the molecule is O=S(=O)(O)C(O)c1ccc(CO)cc1OCCCOc1cc(CO)ccc1C(O)S(=O)(=O)O. The van der Waals surface area contributed by atoms with Crippen LogP contribution in [0.3, 0.4) is 0 Å². The second-order valence-electron chi connectivity index (χ2n) is 6.85. The van der Waals surface area contributed by atoms with E-state index in [0.717, 1.165) is 0 Å². The Kier molecular flexibility index (Phi) is 9.16. The van der Waals surface area contributed by atoms with Gasteiger partial charge in [0, 0.05) is 17.5 Å². The van der Waals surface area contributed by atoms with Crippen molar-refractivity contribution in [1.82, 2.24) is 0 Å². The summed E-state index contributed by atoms with van der Waals surface area (Å²) in [6.45, 7) is -0.949. The summed E-state index contributed by atoms with van der Waals surface area (Å²) in [6, 6.07) is 7.62. The van der Waals surface area contributed by atoms with Gasteiger partial charge in [0.2, 0.25) is 10.9 Å². The van der Waals surface area contributed by atoms with Crippen LogP contribution in [0.4, 0.5) is 0 Å². The van der Waals surface area contributed by atoms with Crippen molar-refractivity contribution < 1.29 is 55.8 Å². The molecule has 2 unspecified atom stereocenters. The summed E-state index contributed by atoms with van der Waals surface area (Å²) in [6.07, 6.45) is 0.148. The van der Waals surface area contributed by atoms with Crippen molar-refractivity contribution in [2.24, 2.45) is 0 Å². The third-order valence-corrected chi connectivity index (χ3v) is 6.06. The lowest BCUT2D eigenvalue weighted by molar-refractivity contribution is 0.211. The molecule has 2 atom stereocenters. The third-order valence-electron chi connectivity index (χ3n) is 4.42. The average Bonchev–Trinajstić information content (AvgIpc) is 2.76. The lowest BCUT2D eigenvalue weighted by atomic mass is 10.1. The Balaban J connectivity index is 2.10. The number of aliphatic hydroxyl groups excluding tert-OH is 4. The smallest absolute Gasteiger partial charge is 0.296 e. The highest BCUT2D eigenvalue weighted by atomic mass is 32.2. The zero-order valence-corrected chi connectivity index (χ0v) is 18.7. The molecule has 0 saturated heterocycles. The van der Waals surface area contributed by atoms with Gasteiger partial charge < -0.3 is 29.9 Å². The Morgan fingerprint density at radius 2 is 1.06 bits per heavy atom. The Morgan fingerprint density at radius 3 is 1.36 bits per heavy atom. The molecule has 0 amide bonds. The summed E-state index contributed by atoms with van der Waals surface area (Å²) in [5.41, 5.74) is -4.30. The minimum atomic E-state index is -4.83. The van der Waals surface area contributed by atoms with Crippen LogP contribution in [0.2, 0.25) is 0 Å². The number of aliphatic hydroxyl groups is 4. The van der Waals surface area contributed by atoms with Gasteiger partial charge in [-0.1, -0.05) is 24.3 Å². The lowest BCUT2D eigenvalue weighted by Gasteiger charge is -2.17. The van der Waals surface area contributed by atoms with Crippen molar-refractivity contribution in [3.8, 4) is 11.5 Å². The molecule has 0 aromatic heterocycles. The molecule has 14 heteroatoms. The monoisotopic (exact) mass is 508 g/mol. The fourth-order valence-corrected chi connectivity index (χ4v) is 3.79. The van der Waals surface area contributed by atoms with E-state index in [2.05, 4.69) is 0 Å². The van der Waals surface area contributed by atoms with Gasteiger partial charge in [0.1, 0.15) is 11.5 Å². The Bertz CT molecular complexity index is 1070. The second kappa shape index (κ2) is 11.2. The van der Waals surface area contributed by atoms with E-state index in [1.54, 1.807) is 0 Å². The molecule has 0 aliphatic rings. The molecule has 2 aromatic rings. The molecule has 0 saturated carbocycles. The molecule has 184 valence electrons. The van der Waals surface area contributed by atoms with E-state index in [-0.39, 0.29) is 55.5 Å². The quantitative estimate of drug-likeness (QED) is 0.169. The molecule has 0 aliphatic carbocycles. The number of rotatable bonds is 12. The van der Waals surface area contributed by atoms with Gasteiger partial charge in [-0.2, -0.15) is 16.8 Å². The van der Waals surface area contributed by atoms with Gasteiger partial charge in [-0.3, -0.25) is 9.11 Å². The number of benzene rings is 2. The van der Waals surface area contributed by atoms with Crippen molar-refractivity contribution >= 4 is 20.2 Å². The summed E-state index contributed by atoms with van der Waals surface area (Å²) in [5, 5.41) is 38.2. The third kappa shape index (κ3) is 7.35. The zero-order chi connectivity index (χ0) is 24.8. The molecule has 6 N–H and O–H groups in total. The van der Waals surface area contributed by atoms with Crippen LogP contribution in [-0.2, 0) is 33.5 Å². The maximum absolute atomic E-state index is 11.3. The molecular formula is C19H24O12S2. The highest BCUT2D eigenvalue weighted by Crippen LogP contribution is 2.31. The van der Waals surface area contributed by atoms with Crippen LogP contribution in [0.25, 0.3) is 0 Å². The number of ether oxygens (including phenoxy) is 2. The van der Waals surface area contributed by atoms with Crippen molar-refractivity contribution in [3.63, 3.8) is 0 Å². The first kappa shape index (κ1) is 26.9. The summed E-state index contributed by atoms with van der Waals surface area (Å²) >= 11 is 0. The van der Waals surface area contributed by atoms with Crippen molar-refractivity contribution in [2.45, 2.75) is 30.5 Å². The molecule has 0 fully saturated rings. The predicted molar refractivity (Wildman–Crippen MR) is 113 cm³/mol. The van der Waals surface area contributed by atoms with Crippen LogP contribution < -0.4 is 9.47 Å². The molecule has 0 spiro atoms. The molecule has 33 heavy (non-hydrogen) atoms. The van der Waals surface area contributed by atoms with E-state index < -0.39 is 31.1 Å². The maximum Gasteiger partial charge on any atom is 0.296 e. The molecule has 0 radical (unpaired) electrons. The molecule has 12 nitrogen and oxygen atoms in total. The standard InChI is InChI=1S/C19H24O12S2/c20-10-12-2-4-14(18(22)32(24,25)26)16(8-12)30-6-1-7-31-17-9-13(11-21)3-5-15(17)19(23)33(27,28)29/h2-5,8-9,18-23H,1,6-7,10-11H2,(H,24,25,26)(H,27,28,29). The minimum Gasteiger partial charge on any atom is -0.493 e. The van der Waals surface area contributed by atoms with Crippen LogP contribution >= 0.6 is 0 Å². The van der Waals surface area contributed by atoms with Crippen LogP contribution in [0, 0.1) is 0 Å². The van der Waals surface area contributed by atoms with Crippen molar-refractivity contribution in [1.29, 1.82) is 0 Å². The summed E-state index contributed by atoms with van der Waals surface area (Å²) in [7, 11) is -9.65. The van der Waals surface area contributed by atoms with Gasteiger partial charge in [0.05, 0.1) is 26.4 Å². The molecule has 0 heterocycles. The van der Waals surface area contributed by atoms with E-state index in [4.69, 9.17) is 18.6 Å². The Hall–Kier alpha value is -2.30. The molecule has 0 bridgehead atoms. The van der Waals surface area contributed by atoms with Crippen LogP contribution in [0.1, 0.15) is 39.5 Å². The molecule has 2 aromatic carbocycles. The highest BCUT2D eigenvalue weighted by Gasteiger charge is 2.27. The summed E-state index contributed by atoms with van der Waals surface area (Å²) < 4.78 is 74.2. The van der Waals surface area contributed by atoms with Crippen LogP contribution in [-0.4, -0.2) is 59.6 Å². The average molecular weight is 509 g/mol. The normalized spacial score (nSPS) is 14.0. The summed E-state index contributed by atoms with van der Waals surface area (Å²) in [5.74, 6) is -0.201. The van der Waals surface area contributed by atoms with E-state index in [1.807, 2.05) is 0 Å². The number of hydrogen-bond donors (Lipinski definition) is 6. The van der Waals surface area contributed by atoms with Gasteiger partial charge in [0.25, 0.3) is 20.2 Å². The topological polar surface area (TPSA) is 208 Å². The largest absolute Gasteiger partial charge is 0.493 e. The van der Waals surface area contributed by atoms with Gasteiger partial charge >= 0.3 is 0 Å². The lowest BCUT2D eigenvalue weighted by Crippen LogP contribution is -2.15. The fourth-order valence-electron chi connectivity index (χ4n) is 2.76. The maximum atomic E-state index is 11.3. The van der Waals surface area contributed by atoms with E-state index >= 15 is 0 Å². The summed E-state index contributed by atoms with van der Waals surface area (Å²) in [4.78, 5) is 0. The predicted octanol–water partition coefficient (Wildman–Crippen LogP) is 0.277. The second-order valence-corrected chi connectivity index (χ2v) is 9.80. The van der Waals surface area contributed by atoms with Gasteiger partial charge in [-0.25, -0.2) is 0 Å². The highest BCUT2D eigenvalue weighted by molar-refractivity contribution is 7.86. The minimum absolute atomic E-state index is 0.0873. The fraction of sp³-hybridized carbons (Fsp3) is 0.368. The van der Waals surface area contributed by atoms with E-state index in [9.17, 15) is 37.3 Å². The van der Waals surface area contributed by atoms with Crippen LogP contribution in [0.15, 0.2) is 36.4 Å². The van der Waals surface area contributed by atoms with Crippen molar-refractivity contribution in [3.05, 3.63) is 58.7 Å². The van der Waals surface area contributed by atoms with Crippen molar-refractivity contribution in [2.75, 3.05) is 13.2 Å². The van der Waals surface area contributed by atoms with Gasteiger partial charge in [-0.05, 0) is 23.3 Å². The van der Waals surface area contributed by atoms with E-state index in [1.165, 1.54) is 36.4 Å². The number of hydrogen-bond acceptors (Lipinski definition) is 10. The van der Waals surface area contributed by atoms with E-state index in [0.29, 0.717) is 11.1 Å². The first-order chi connectivity index (χ1) is 15.4. The Labute approximate surface area is 190 Å². The molecule has 2 rings (SSSR count). The van der Waals surface area contributed by atoms with Gasteiger partial charge in [0.15, 0.2) is 0 Å². The van der Waals surface area contributed by atoms with Crippen LogP contribution in [0.5, 0.6) is 11.5 Å².